The van der Waals surface area contributed by atoms with E-state index in [9.17, 15) is 14.4 Å². The van der Waals surface area contributed by atoms with E-state index in [1.165, 1.54) is 4.90 Å². The molecule has 2 atom stereocenters. The van der Waals surface area contributed by atoms with Gasteiger partial charge in [0.05, 0.1) is 6.04 Å². The van der Waals surface area contributed by atoms with Crippen LogP contribution in [0.25, 0.3) is 0 Å². The number of carbonyl (C=O) groups excluding carboxylic acids is 3. The largest absolute Gasteiger partial charge is 0.448 e. The second kappa shape index (κ2) is 16.7. The lowest BCUT2D eigenvalue weighted by Gasteiger charge is -2.49. The van der Waals surface area contributed by atoms with Crippen LogP contribution < -0.4 is 11.1 Å². The molecule has 13 heteroatoms. The Morgan fingerprint density at radius 2 is 1.28 bits per heavy atom. The number of anilines is 1. The molecular weight excluding hydrogens is 793 g/mol. The number of hydrogen-bond donors (Lipinski definition) is 2. The number of hydrogen-bond acceptors (Lipinski definition) is 9. The van der Waals surface area contributed by atoms with Crippen LogP contribution in [0.15, 0.2) is 168 Å². The lowest BCUT2D eigenvalue weighted by molar-refractivity contribution is -0.158. The zero-order chi connectivity index (χ0) is 40.2. The van der Waals surface area contributed by atoms with Gasteiger partial charge < -0.3 is 20.6 Å². The summed E-state index contributed by atoms with van der Waals surface area (Å²) in [4.78, 5) is 54.7. The van der Waals surface area contributed by atoms with Gasteiger partial charge in [0.2, 0.25) is 5.60 Å². The fourth-order valence-corrected chi connectivity index (χ4v) is 8.62. The molecule has 3 N–H and O–H groups in total. The third-order valence-electron chi connectivity index (χ3n) is 10.1. The van der Waals surface area contributed by atoms with Crippen molar-refractivity contribution in [2.45, 2.75) is 36.6 Å². The van der Waals surface area contributed by atoms with Gasteiger partial charge in [-0.25, -0.2) is 9.78 Å². The summed E-state index contributed by atoms with van der Waals surface area (Å²) >= 11 is 14.3. The summed E-state index contributed by atoms with van der Waals surface area (Å²) in [7, 11) is 0. The van der Waals surface area contributed by atoms with Crippen molar-refractivity contribution in [3.05, 3.63) is 200 Å². The van der Waals surface area contributed by atoms with Crippen LogP contribution in [-0.4, -0.2) is 45.5 Å². The number of rotatable bonds is 12. The highest BCUT2D eigenvalue weighted by atomic mass is 35.5. The number of nitrogens with zero attached hydrogens (tertiary/aromatic N) is 3. The van der Waals surface area contributed by atoms with Crippen LogP contribution in [0.4, 0.5) is 5.13 Å². The number of aromatic nitrogens is 1. The van der Waals surface area contributed by atoms with Gasteiger partial charge in [-0.2, -0.15) is 0 Å². The number of β-lactam (4-membered cyclic amide) rings is 1. The van der Waals surface area contributed by atoms with Crippen molar-refractivity contribution in [3.8, 4) is 0 Å². The third-order valence-corrected chi connectivity index (χ3v) is 11.6. The number of oxime groups is 1. The van der Waals surface area contributed by atoms with E-state index in [1.807, 2.05) is 152 Å². The molecular formula is C45H35Cl2N5O5S. The second-order valence-corrected chi connectivity index (χ2v) is 15.7. The van der Waals surface area contributed by atoms with E-state index in [2.05, 4.69) is 15.5 Å². The molecule has 2 aliphatic rings. The zero-order valence-corrected chi connectivity index (χ0v) is 33.0. The first-order chi connectivity index (χ1) is 28.3. The molecule has 1 saturated heterocycles. The predicted octanol–water partition coefficient (Wildman–Crippen LogP) is 8.36. The number of amides is 2. The SMILES string of the molecule is Nc1nc(C(=NOC(c2ccccc2)(c2ccccc2)c2ccccc2)C(=O)N[C@H]2C(=O)N3C(C(=O)OC(c4ccccc4)c4ccccc4)=C(Cl)CCC23)c(Cl)s1. The number of ether oxygens (including phenoxy) is 1. The number of halogens is 2. The van der Waals surface area contributed by atoms with E-state index < -0.39 is 41.6 Å². The Hall–Kier alpha value is -6.27. The average Bonchev–Trinajstić information content (AvgIpc) is 3.61. The fourth-order valence-electron chi connectivity index (χ4n) is 7.41. The van der Waals surface area contributed by atoms with Crippen LogP contribution in [-0.2, 0) is 29.6 Å². The molecule has 8 rings (SSSR count). The van der Waals surface area contributed by atoms with Gasteiger partial charge >= 0.3 is 5.97 Å². The van der Waals surface area contributed by atoms with Crippen LogP contribution in [0.5, 0.6) is 0 Å². The molecule has 1 aromatic heterocycles. The van der Waals surface area contributed by atoms with Crippen LogP contribution in [0.2, 0.25) is 4.34 Å². The Morgan fingerprint density at radius 3 is 1.74 bits per heavy atom. The van der Waals surface area contributed by atoms with E-state index in [0.29, 0.717) is 6.42 Å². The number of allylic oxidation sites excluding steroid dienone is 1. The summed E-state index contributed by atoms with van der Waals surface area (Å²) < 4.78 is 6.20. The molecule has 0 spiro atoms. The van der Waals surface area contributed by atoms with Gasteiger partial charge in [0.15, 0.2) is 16.9 Å². The standard InChI is InChI=1S/C45H35Cl2N5O5S/c46-33-26-27-34-35(42(54)52(34)38(33)43(55)56-39(28-16-6-1-7-17-28)29-18-8-2-9-19-29)49-41(53)37(36-40(47)58-44(48)50-36)51-57-45(30-20-10-3-11-21-30,31-22-12-4-13-23-31)32-24-14-5-15-25-32/h1-25,34-35,39H,26-27H2,(H2,48,50)(H,49,53)/t34?,35-/m1/s1. The summed E-state index contributed by atoms with van der Waals surface area (Å²) in [5, 5.41) is 7.66. The molecule has 5 aromatic carbocycles. The maximum Gasteiger partial charge on any atom is 0.357 e. The van der Waals surface area contributed by atoms with Gasteiger partial charge in [-0.15, -0.1) is 0 Å². The van der Waals surface area contributed by atoms with Crippen LogP contribution in [0.3, 0.4) is 0 Å². The van der Waals surface area contributed by atoms with Crippen LogP contribution >= 0.6 is 34.5 Å². The van der Waals surface area contributed by atoms with Crippen molar-refractivity contribution in [3.63, 3.8) is 0 Å². The highest BCUT2D eigenvalue weighted by molar-refractivity contribution is 7.19. The normalized spacial score (nSPS) is 16.7. The molecule has 10 nitrogen and oxygen atoms in total. The smallest absolute Gasteiger partial charge is 0.357 e. The number of nitrogens with two attached hydrogens (primary N) is 1. The molecule has 0 saturated carbocycles. The molecule has 1 fully saturated rings. The summed E-state index contributed by atoms with van der Waals surface area (Å²) in [5.74, 6) is -2.09. The monoisotopic (exact) mass is 827 g/mol. The number of esters is 1. The zero-order valence-electron chi connectivity index (χ0n) is 30.7. The molecule has 2 aliphatic heterocycles. The van der Waals surface area contributed by atoms with E-state index >= 15 is 0 Å². The Labute approximate surface area is 348 Å². The van der Waals surface area contributed by atoms with E-state index in [0.717, 1.165) is 39.2 Å². The highest BCUT2D eigenvalue weighted by Crippen LogP contribution is 2.42. The molecule has 58 heavy (non-hydrogen) atoms. The second-order valence-electron chi connectivity index (χ2n) is 13.6. The number of carbonyl (C=O) groups is 3. The molecule has 3 heterocycles. The van der Waals surface area contributed by atoms with Crippen molar-refractivity contribution in [1.82, 2.24) is 15.2 Å². The van der Waals surface area contributed by atoms with E-state index in [4.69, 9.17) is 38.5 Å². The Balaban J connectivity index is 1.11. The van der Waals surface area contributed by atoms with Gasteiger partial charge in [0.25, 0.3) is 11.8 Å². The van der Waals surface area contributed by atoms with Gasteiger partial charge in [0.1, 0.15) is 21.8 Å². The van der Waals surface area contributed by atoms with Gasteiger partial charge in [-0.3, -0.25) is 14.5 Å². The molecule has 6 aromatic rings. The summed E-state index contributed by atoms with van der Waals surface area (Å²) in [6, 6.07) is 45.5. The van der Waals surface area contributed by atoms with Crippen LogP contribution in [0, 0.1) is 0 Å². The van der Waals surface area contributed by atoms with Crippen molar-refractivity contribution < 1.29 is 24.0 Å². The summed E-state index contributed by atoms with van der Waals surface area (Å²) in [5.41, 5.74) is 8.04. The number of nitrogens with one attached hydrogen (secondary N) is 1. The van der Waals surface area contributed by atoms with Gasteiger partial charge in [-0.1, -0.05) is 191 Å². The van der Waals surface area contributed by atoms with E-state index in [1.54, 1.807) is 0 Å². The number of benzene rings is 5. The number of nitrogen functional groups attached to an aromatic ring is 1. The Morgan fingerprint density at radius 1 is 0.793 bits per heavy atom. The number of fused-ring (bicyclic) bond motifs is 1. The molecule has 0 bridgehead atoms. The Bertz CT molecular complexity index is 2370. The van der Waals surface area contributed by atoms with E-state index in [-0.39, 0.29) is 38.0 Å². The van der Waals surface area contributed by atoms with Crippen molar-refractivity contribution in [2.24, 2.45) is 5.16 Å². The minimum absolute atomic E-state index is 0.0166. The van der Waals surface area contributed by atoms with Crippen molar-refractivity contribution in [2.75, 3.05) is 5.73 Å². The predicted molar refractivity (Wildman–Crippen MR) is 224 cm³/mol. The van der Waals surface area contributed by atoms with Crippen molar-refractivity contribution in [1.29, 1.82) is 0 Å². The fraction of sp³-hybridized carbons (Fsp3) is 0.133. The average molecular weight is 829 g/mol. The first-order valence-corrected chi connectivity index (χ1v) is 20.0. The van der Waals surface area contributed by atoms with Crippen molar-refractivity contribution >= 4 is 63.2 Å². The van der Waals surface area contributed by atoms with Gasteiger partial charge in [-0.05, 0) is 24.0 Å². The minimum Gasteiger partial charge on any atom is -0.448 e. The lowest BCUT2D eigenvalue weighted by atomic mass is 9.80. The molecule has 0 radical (unpaired) electrons. The molecule has 290 valence electrons. The third kappa shape index (κ3) is 7.35. The first-order valence-electron chi connectivity index (χ1n) is 18.4. The molecule has 1 unspecified atom stereocenters. The maximum atomic E-state index is 14.4. The molecule has 0 aliphatic carbocycles. The Kier molecular flexibility index (Phi) is 11.1. The number of thiazole rings is 1. The summed E-state index contributed by atoms with van der Waals surface area (Å²) in [6.45, 7) is 0. The lowest BCUT2D eigenvalue weighted by Crippen LogP contribution is -2.72. The van der Waals surface area contributed by atoms with Gasteiger partial charge in [0, 0.05) is 21.7 Å². The molecule has 2 amide bonds. The topological polar surface area (TPSA) is 136 Å². The highest BCUT2D eigenvalue weighted by Gasteiger charge is 2.54. The van der Waals surface area contributed by atoms with Crippen LogP contribution in [0.1, 0.15) is 52.5 Å². The first kappa shape index (κ1) is 38.6. The summed E-state index contributed by atoms with van der Waals surface area (Å²) in [6.07, 6.45) is -0.108. The minimum atomic E-state index is -1.34. The maximum absolute atomic E-state index is 14.4. The quantitative estimate of drug-likeness (QED) is 0.0416.